The smallest absolute Gasteiger partial charge is 0.119 e. The lowest BCUT2D eigenvalue weighted by molar-refractivity contribution is 0.277. The summed E-state index contributed by atoms with van der Waals surface area (Å²) in [6.07, 6.45) is 2.48. The van der Waals surface area contributed by atoms with Crippen LogP contribution in [-0.4, -0.2) is 19.2 Å². The van der Waals surface area contributed by atoms with Gasteiger partial charge in [-0.05, 0) is 43.7 Å². The van der Waals surface area contributed by atoms with Gasteiger partial charge in [0.2, 0.25) is 0 Å². The number of rotatable bonds is 3. The summed E-state index contributed by atoms with van der Waals surface area (Å²) in [7, 11) is 0. The number of hydrogen-bond acceptors (Lipinski definition) is 3. The molecule has 1 saturated heterocycles. The second-order valence-electron chi connectivity index (χ2n) is 3.67. The normalized spacial score (nSPS) is 21.0. The molecular formula is C11H16N2O. The number of nitrogen functional groups attached to an aromatic ring is 1. The molecule has 2 rings (SSSR count). The van der Waals surface area contributed by atoms with E-state index in [-0.39, 0.29) is 0 Å². The highest BCUT2D eigenvalue weighted by Gasteiger charge is 2.13. The van der Waals surface area contributed by atoms with Gasteiger partial charge in [0.05, 0.1) is 0 Å². The zero-order valence-electron chi connectivity index (χ0n) is 8.20. The molecule has 0 aliphatic carbocycles. The van der Waals surface area contributed by atoms with Crippen LogP contribution in [0.4, 0.5) is 5.69 Å². The molecule has 76 valence electrons. The topological polar surface area (TPSA) is 47.3 Å². The predicted octanol–water partition coefficient (Wildman–Crippen LogP) is 1.40. The van der Waals surface area contributed by atoms with Crippen molar-refractivity contribution < 1.29 is 4.74 Å². The van der Waals surface area contributed by atoms with Gasteiger partial charge in [0, 0.05) is 11.7 Å². The summed E-state index contributed by atoms with van der Waals surface area (Å²) in [6.45, 7) is 1.87. The summed E-state index contributed by atoms with van der Waals surface area (Å²) >= 11 is 0. The first-order valence-electron chi connectivity index (χ1n) is 5.06. The summed E-state index contributed by atoms with van der Waals surface area (Å²) in [5.74, 6) is 0.896. The lowest BCUT2D eigenvalue weighted by Gasteiger charge is -2.11. The maximum absolute atomic E-state index is 5.63. The molecule has 1 atom stereocenters. The lowest BCUT2D eigenvalue weighted by Crippen LogP contribution is -2.28. The highest BCUT2D eigenvalue weighted by Crippen LogP contribution is 2.14. The molecule has 0 aromatic heterocycles. The average molecular weight is 192 g/mol. The first-order valence-corrected chi connectivity index (χ1v) is 5.06. The van der Waals surface area contributed by atoms with Crippen LogP contribution in [-0.2, 0) is 0 Å². The van der Waals surface area contributed by atoms with Crippen molar-refractivity contribution in [2.75, 3.05) is 18.9 Å². The van der Waals surface area contributed by atoms with Gasteiger partial charge in [0.1, 0.15) is 12.4 Å². The van der Waals surface area contributed by atoms with E-state index in [4.69, 9.17) is 10.5 Å². The molecule has 1 aliphatic rings. The summed E-state index contributed by atoms with van der Waals surface area (Å²) in [5.41, 5.74) is 6.35. The Hall–Kier alpha value is -1.22. The van der Waals surface area contributed by atoms with Gasteiger partial charge in [-0.15, -0.1) is 0 Å². The van der Waals surface area contributed by atoms with Gasteiger partial charge in [-0.1, -0.05) is 0 Å². The van der Waals surface area contributed by atoms with E-state index in [0.717, 1.165) is 24.6 Å². The van der Waals surface area contributed by atoms with Crippen LogP contribution in [0.1, 0.15) is 12.8 Å². The number of benzene rings is 1. The number of ether oxygens (including phenoxy) is 1. The highest BCUT2D eigenvalue weighted by molar-refractivity contribution is 5.41. The second-order valence-corrected chi connectivity index (χ2v) is 3.67. The molecule has 0 radical (unpaired) electrons. The Morgan fingerprint density at radius 1 is 1.36 bits per heavy atom. The van der Waals surface area contributed by atoms with E-state index in [1.165, 1.54) is 12.8 Å². The fourth-order valence-corrected chi connectivity index (χ4v) is 1.66. The molecule has 1 fully saturated rings. The monoisotopic (exact) mass is 192 g/mol. The Balaban J connectivity index is 1.82. The van der Waals surface area contributed by atoms with Gasteiger partial charge in [0.25, 0.3) is 0 Å². The van der Waals surface area contributed by atoms with Crippen molar-refractivity contribution in [3.8, 4) is 5.75 Å². The van der Waals surface area contributed by atoms with E-state index < -0.39 is 0 Å². The quantitative estimate of drug-likeness (QED) is 0.712. The molecule has 1 aliphatic heterocycles. The van der Waals surface area contributed by atoms with Gasteiger partial charge in [0.15, 0.2) is 0 Å². The van der Waals surface area contributed by atoms with Gasteiger partial charge in [-0.3, -0.25) is 0 Å². The Morgan fingerprint density at radius 2 is 2.14 bits per heavy atom. The van der Waals surface area contributed by atoms with Crippen LogP contribution in [0, 0.1) is 0 Å². The first-order chi connectivity index (χ1) is 6.84. The van der Waals surface area contributed by atoms with E-state index in [2.05, 4.69) is 5.32 Å². The molecule has 1 aromatic carbocycles. The minimum absolute atomic E-state index is 0.521. The molecule has 14 heavy (non-hydrogen) atoms. The van der Waals surface area contributed by atoms with E-state index in [1.807, 2.05) is 24.3 Å². The van der Waals surface area contributed by atoms with Crippen molar-refractivity contribution in [1.29, 1.82) is 0 Å². The number of nitrogens with two attached hydrogens (primary N) is 1. The van der Waals surface area contributed by atoms with Crippen molar-refractivity contribution in [2.24, 2.45) is 0 Å². The SMILES string of the molecule is Nc1ccc(OCC2CCCN2)cc1. The number of anilines is 1. The average Bonchev–Trinajstić information content (AvgIpc) is 2.70. The summed E-state index contributed by atoms with van der Waals surface area (Å²) in [6, 6.07) is 8.05. The Kier molecular flexibility index (Phi) is 2.89. The van der Waals surface area contributed by atoms with E-state index in [9.17, 15) is 0 Å². The maximum Gasteiger partial charge on any atom is 0.119 e. The molecule has 3 N–H and O–H groups in total. The van der Waals surface area contributed by atoms with Crippen molar-refractivity contribution in [2.45, 2.75) is 18.9 Å². The molecule has 1 heterocycles. The second kappa shape index (κ2) is 4.33. The van der Waals surface area contributed by atoms with Gasteiger partial charge < -0.3 is 15.8 Å². The minimum atomic E-state index is 0.521. The zero-order valence-corrected chi connectivity index (χ0v) is 8.20. The van der Waals surface area contributed by atoms with Crippen molar-refractivity contribution in [3.05, 3.63) is 24.3 Å². The van der Waals surface area contributed by atoms with Gasteiger partial charge in [-0.25, -0.2) is 0 Å². The van der Waals surface area contributed by atoms with Crippen LogP contribution in [0.15, 0.2) is 24.3 Å². The summed E-state index contributed by atoms with van der Waals surface area (Å²) in [4.78, 5) is 0. The summed E-state index contributed by atoms with van der Waals surface area (Å²) in [5, 5.41) is 3.39. The zero-order chi connectivity index (χ0) is 9.80. The van der Waals surface area contributed by atoms with Crippen molar-refractivity contribution in [3.63, 3.8) is 0 Å². The van der Waals surface area contributed by atoms with Gasteiger partial charge >= 0.3 is 0 Å². The van der Waals surface area contributed by atoms with Crippen LogP contribution in [0.2, 0.25) is 0 Å². The van der Waals surface area contributed by atoms with Crippen LogP contribution in [0.3, 0.4) is 0 Å². The Bertz CT molecular complexity index is 278. The maximum atomic E-state index is 5.63. The minimum Gasteiger partial charge on any atom is -0.492 e. The molecule has 1 unspecified atom stereocenters. The molecule has 0 bridgehead atoms. The largest absolute Gasteiger partial charge is 0.492 e. The van der Waals surface area contributed by atoms with Crippen LogP contribution in [0.5, 0.6) is 5.75 Å². The van der Waals surface area contributed by atoms with E-state index in [0.29, 0.717) is 6.04 Å². The molecule has 1 aromatic rings. The fourth-order valence-electron chi connectivity index (χ4n) is 1.66. The van der Waals surface area contributed by atoms with Crippen LogP contribution >= 0.6 is 0 Å². The van der Waals surface area contributed by atoms with Crippen molar-refractivity contribution in [1.82, 2.24) is 5.32 Å². The third-order valence-corrected chi connectivity index (χ3v) is 2.49. The molecule has 3 heteroatoms. The summed E-state index contributed by atoms with van der Waals surface area (Å²) < 4.78 is 5.63. The molecular weight excluding hydrogens is 176 g/mol. The lowest BCUT2D eigenvalue weighted by atomic mass is 10.2. The standard InChI is InChI=1S/C11H16N2O/c12-9-3-5-11(6-4-9)14-8-10-2-1-7-13-10/h3-6,10,13H,1-2,7-8,12H2. The molecule has 0 spiro atoms. The third-order valence-electron chi connectivity index (χ3n) is 2.49. The first kappa shape index (κ1) is 9.34. The fraction of sp³-hybridized carbons (Fsp3) is 0.455. The Labute approximate surface area is 84.3 Å². The highest BCUT2D eigenvalue weighted by atomic mass is 16.5. The number of hydrogen-bond donors (Lipinski definition) is 2. The van der Waals surface area contributed by atoms with Crippen LogP contribution in [0.25, 0.3) is 0 Å². The molecule has 0 amide bonds. The Morgan fingerprint density at radius 3 is 2.79 bits per heavy atom. The van der Waals surface area contributed by atoms with Crippen LogP contribution < -0.4 is 15.8 Å². The third kappa shape index (κ3) is 2.39. The predicted molar refractivity (Wildman–Crippen MR) is 57.4 cm³/mol. The van der Waals surface area contributed by atoms with E-state index >= 15 is 0 Å². The van der Waals surface area contributed by atoms with Gasteiger partial charge in [-0.2, -0.15) is 0 Å². The van der Waals surface area contributed by atoms with E-state index in [1.54, 1.807) is 0 Å². The molecule has 0 saturated carbocycles. The molecule has 3 nitrogen and oxygen atoms in total. The van der Waals surface area contributed by atoms with Crippen molar-refractivity contribution >= 4 is 5.69 Å². The number of nitrogens with one attached hydrogen (secondary N) is 1.